The van der Waals surface area contributed by atoms with Crippen LogP contribution in [0.4, 0.5) is 0 Å². The van der Waals surface area contributed by atoms with Crippen LogP contribution in [-0.2, 0) is 14.8 Å². The van der Waals surface area contributed by atoms with E-state index in [0.29, 0.717) is 26.2 Å². The van der Waals surface area contributed by atoms with Crippen molar-refractivity contribution in [2.75, 3.05) is 40.5 Å². The van der Waals surface area contributed by atoms with Crippen LogP contribution in [0.2, 0.25) is 0 Å². The second kappa shape index (κ2) is 10.3. The summed E-state index contributed by atoms with van der Waals surface area (Å²) in [6, 6.07) is 4.05. The molecule has 0 aliphatic carbocycles. The largest absolute Gasteiger partial charge is 0.495 e. The average Bonchev–Trinajstić information content (AvgIpc) is 2.56. The zero-order chi connectivity index (χ0) is 18.9. The lowest BCUT2D eigenvalue weighted by Crippen LogP contribution is -2.33. The number of carbonyl (C=O) groups excluding carboxylic acids is 1. The molecule has 3 N–H and O–H groups in total. The number of hydrogen-bond donors (Lipinski definition) is 3. The zero-order valence-electron chi connectivity index (χ0n) is 15.1. The Morgan fingerprint density at radius 3 is 2.48 bits per heavy atom. The number of amides is 1. The molecular weight excluding hydrogens is 346 g/mol. The quantitative estimate of drug-likeness (QED) is 0.483. The van der Waals surface area contributed by atoms with E-state index in [1.807, 2.05) is 0 Å². The highest BCUT2D eigenvalue weighted by Gasteiger charge is 2.22. The van der Waals surface area contributed by atoms with Crippen LogP contribution in [0.5, 0.6) is 5.75 Å². The SMILES string of the molecule is COCCNCCNC(=O)c1ccc(OC)c(S(=O)(=O)NC(C)C)c1. The molecule has 0 atom stereocenters. The Hall–Kier alpha value is -1.68. The van der Waals surface area contributed by atoms with Crippen LogP contribution in [0.15, 0.2) is 23.1 Å². The normalized spacial score (nSPS) is 11.6. The first kappa shape index (κ1) is 21.4. The van der Waals surface area contributed by atoms with Crippen molar-refractivity contribution in [1.29, 1.82) is 0 Å². The number of benzene rings is 1. The van der Waals surface area contributed by atoms with Crippen molar-refractivity contribution in [3.8, 4) is 5.75 Å². The maximum Gasteiger partial charge on any atom is 0.251 e. The molecule has 0 unspecified atom stereocenters. The number of rotatable bonds is 11. The van der Waals surface area contributed by atoms with E-state index >= 15 is 0 Å². The zero-order valence-corrected chi connectivity index (χ0v) is 15.9. The van der Waals surface area contributed by atoms with Gasteiger partial charge in [-0.15, -0.1) is 0 Å². The van der Waals surface area contributed by atoms with Gasteiger partial charge in [0.2, 0.25) is 10.0 Å². The third-order valence-corrected chi connectivity index (χ3v) is 4.86. The highest BCUT2D eigenvalue weighted by molar-refractivity contribution is 7.89. The van der Waals surface area contributed by atoms with E-state index < -0.39 is 10.0 Å². The molecule has 0 heterocycles. The van der Waals surface area contributed by atoms with Gasteiger partial charge in [0.15, 0.2) is 0 Å². The first-order valence-electron chi connectivity index (χ1n) is 8.00. The van der Waals surface area contributed by atoms with Gasteiger partial charge in [0.05, 0.1) is 13.7 Å². The summed E-state index contributed by atoms with van der Waals surface area (Å²) in [6.07, 6.45) is 0. The van der Waals surface area contributed by atoms with Crippen molar-refractivity contribution in [3.63, 3.8) is 0 Å². The molecule has 1 amide bonds. The summed E-state index contributed by atoms with van der Waals surface area (Å²) in [6.45, 7) is 5.73. The van der Waals surface area contributed by atoms with Gasteiger partial charge >= 0.3 is 0 Å². The lowest BCUT2D eigenvalue weighted by Gasteiger charge is -2.14. The van der Waals surface area contributed by atoms with Crippen LogP contribution in [0, 0.1) is 0 Å². The average molecular weight is 373 g/mol. The standard InChI is InChI=1S/C16H27N3O5S/c1-12(2)19-25(21,22)15-11-13(5-6-14(15)24-4)16(20)18-8-7-17-9-10-23-3/h5-6,11-12,17,19H,7-10H2,1-4H3,(H,18,20). The summed E-state index contributed by atoms with van der Waals surface area (Å²) in [5.41, 5.74) is 0.252. The topological polar surface area (TPSA) is 106 Å². The Morgan fingerprint density at radius 1 is 1.16 bits per heavy atom. The van der Waals surface area contributed by atoms with Crippen molar-refractivity contribution >= 4 is 15.9 Å². The molecule has 1 rings (SSSR count). The summed E-state index contributed by atoms with van der Waals surface area (Å²) in [4.78, 5) is 12.2. The van der Waals surface area contributed by atoms with Crippen LogP contribution in [-0.4, -0.2) is 60.8 Å². The van der Waals surface area contributed by atoms with Gasteiger partial charge in [-0.1, -0.05) is 0 Å². The molecule has 1 aromatic carbocycles. The van der Waals surface area contributed by atoms with Gasteiger partial charge in [-0.3, -0.25) is 4.79 Å². The Bertz CT molecular complexity index is 662. The molecule has 9 heteroatoms. The van der Waals surface area contributed by atoms with Crippen molar-refractivity contribution in [1.82, 2.24) is 15.4 Å². The molecule has 0 aliphatic rings. The van der Waals surface area contributed by atoms with Crippen LogP contribution in [0.25, 0.3) is 0 Å². The molecule has 0 aliphatic heterocycles. The molecule has 0 radical (unpaired) electrons. The molecule has 0 saturated heterocycles. The smallest absolute Gasteiger partial charge is 0.251 e. The van der Waals surface area contributed by atoms with E-state index in [-0.39, 0.29) is 28.2 Å². The molecule has 0 bridgehead atoms. The lowest BCUT2D eigenvalue weighted by molar-refractivity contribution is 0.0953. The van der Waals surface area contributed by atoms with E-state index in [2.05, 4.69) is 15.4 Å². The maximum atomic E-state index is 12.4. The predicted octanol–water partition coefficient (Wildman–Crippen LogP) is 0.348. The molecule has 1 aromatic rings. The fourth-order valence-corrected chi connectivity index (χ4v) is 3.51. The summed E-state index contributed by atoms with van der Waals surface area (Å²) in [5, 5.41) is 5.84. The minimum atomic E-state index is -3.77. The van der Waals surface area contributed by atoms with E-state index in [1.165, 1.54) is 25.3 Å². The van der Waals surface area contributed by atoms with Gasteiger partial charge in [-0.2, -0.15) is 0 Å². The van der Waals surface area contributed by atoms with E-state index in [1.54, 1.807) is 21.0 Å². The molecular formula is C16H27N3O5S. The fourth-order valence-electron chi connectivity index (χ4n) is 2.07. The summed E-state index contributed by atoms with van der Waals surface area (Å²) < 4.78 is 37.3. The molecule has 0 spiro atoms. The number of nitrogens with one attached hydrogen (secondary N) is 3. The van der Waals surface area contributed by atoms with Crippen molar-refractivity contribution in [2.24, 2.45) is 0 Å². The van der Waals surface area contributed by atoms with Crippen molar-refractivity contribution in [2.45, 2.75) is 24.8 Å². The van der Waals surface area contributed by atoms with E-state index in [4.69, 9.17) is 9.47 Å². The number of ether oxygens (including phenoxy) is 2. The minimum absolute atomic E-state index is 0.0606. The Morgan fingerprint density at radius 2 is 1.88 bits per heavy atom. The van der Waals surface area contributed by atoms with Crippen molar-refractivity contribution < 1.29 is 22.7 Å². The molecule has 0 aromatic heterocycles. The lowest BCUT2D eigenvalue weighted by atomic mass is 10.2. The van der Waals surface area contributed by atoms with Crippen LogP contribution in [0.3, 0.4) is 0 Å². The number of hydrogen-bond acceptors (Lipinski definition) is 6. The monoisotopic (exact) mass is 373 g/mol. The van der Waals surface area contributed by atoms with Crippen LogP contribution >= 0.6 is 0 Å². The van der Waals surface area contributed by atoms with Crippen LogP contribution in [0.1, 0.15) is 24.2 Å². The first-order chi connectivity index (χ1) is 11.8. The highest BCUT2D eigenvalue weighted by atomic mass is 32.2. The summed E-state index contributed by atoms with van der Waals surface area (Å²) in [5.74, 6) is -0.164. The maximum absolute atomic E-state index is 12.4. The fraction of sp³-hybridized carbons (Fsp3) is 0.562. The van der Waals surface area contributed by atoms with Crippen LogP contribution < -0.4 is 20.1 Å². The second-order valence-electron chi connectivity index (χ2n) is 5.64. The van der Waals surface area contributed by atoms with E-state index in [0.717, 1.165) is 0 Å². The summed E-state index contributed by atoms with van der Waals surface area (Å²) in [7, 11) is -0.773. The number of methoxy groups -OCH3 is 2. The Balaban J connectivity index is 2.81. The van der Waals surface area contributed by atoms with Crippen molar-refractivity contribution in [3.05, 3.63) is 23.8 Å². The van der Waals surface area contributed by atoms with Gasteiger partial charge < -0.3 is 20.1 Å². The Labute approximate surface area is 149 Å². The molecule has 25 heavy (non-hydrogen) atoms. The van der Waals surface area contributed by atoms with Gasteiger partial charge in [0, 0.05) is 38.3 Å². The van der Waals surface area contributed by atoms with Gasteiger partial charge in [-0.25, -0.2) is 13.1 Å². The summed E-state index contributed by atoms with van der Waals surface area (Å²) >= 11 is 0. The minimum Gasteiger partial charge on any atom is -0.495 e. The van der Waals surface area contributed by atoms with Gasteiger partial charge in [0.1, 0.15) is 10.6 Å². The molecule has 8 nitrogen and oxygen atoms in total. The predicted molar refractivity (Wildman–Crippen MR) is 95.5 cm³/mol. The Kier molecular flexibility index (Phi) is 8.84. The second-order valence-corrected chi connectivity index (χ2v) is 7.32. The number of sulfonamides is 1. The number of carbonyl (C=O) groups is 1. The van der Waals surface area contributed by atoms with Gasteiger partial charge in [-0.05, 0) is 32.0 Å². The third-order valence-electron chi connectivity index (χ3n) is 3.18. The third kappa shape index (κ3) is 6.99. The van der Waals surface area contributed by atoms with Gasteiger partial charge in [0.25, 0.3) is 5.91 Å². The molecule has 0 fully saturated rings. The first-order valence-corrected chi connectivity index (χ1v) is 9.48. The highest BCUT2D eigenvalue weighted by Crippen LogP contribution is 2.25. The van der Waals surface area contributed by atoms with E-state index in [9.17, 15) is 13.2 Å². The molecule has 0 saturated carbocycles. The molecule has 142 valence electrons.